The molecule has 0 radical (unpaired) electrons. The number of carbonyl (C=O) groups excluding carboxylic acids is 3. The van der Waals surface area contributed by atoms with Crippen LogP contribution >= 0.6 is 0 Å². The van der Waals surface area contributed by atoms with Crippen LogP contribution in [0.3, 0.4) is 0 Å². The van der Waals surface area contributed by atoms with E-state index in [1.807, 2.05) is 12.1 Å². The molecule has 0 aliphatic rings. The highest BCUT2D eigenvalue weighted by Crippen LogP contribution is 2.31. The summed E-state index contributed by atoms with van der Waals surface area (Å²) < 4.78 is 5.02. The van der Waals surface area contributed by atoms with Crippen molar-refractivity contribution in [1.82, 2.24) is 15.3 Å². The third kappa shape index (κ3) is 6.98. The predicted octanol–water partition coefficient (Wildman–Crippen LogP) is 4.42. The third-order valence-electron chi connectivity index (χ3n) is 6.15. The van der Waals surface area contributed by atoms with Crippen molar-refractivity contribution in [2.24, 2.45) is 0 Å². The predicted molar refractivity (Wildman–Crippen MR) is 150 cm³/mol. The van der Waals surface area contributed by atoms with Gasteiger partial charge in [-0.2, -0.15) is 0 Å². The molecule has 12 heteroatoms. The lowest BCUT2D eigenvalue weighted by Crippen LogP contribution is -2.46. The van der Waals surface area contributed by atoms with Crippen molar-refractivity contribution in [2.75, 3.05) is 16.8 Å². The van der Waals surface area contributed by atoms with E-state index in [1.165, 1.54) is 47.8 Å². The number of hydrogen-bond acceptors (Lipinski definition) is 8. The fraction of sp³-hybridized carbons (Fsp3) is 0.207. The van der Waals surface area contributed by atoms with Gasteiger partial charge in [-0.05, 0) is 35.2 Å². The number of nitrogens with one attached hydrogen (secondary N) is 2. The van der Waals surface area contributed by atoms with Crippen molar-refractivity contribution in [3.8, 4) is 0 Å². The van der Waals surface area contributed by atoms with Gasteiger partial charge in [0, 0.05) is 41.5 Å². The Hall–Kier alpha value is -5.39. The van der Waals surface area contributed by atoms with Gasteiger partial charge in [-0.1, -0.05) is 45.0 Å². The number of hydrogen-bond donors (Lipinski definition) is 2. The number of nitrogens with zero attached hydrogens (tertiary/aromatic N) is 4. The van der Waals surface area contributed by atoms with Gasteiger partial charge in [-0.25, -0.2) is 4.98 Å². The van der Waals surface area contributed by atoms with Gasteiger partial charge in [-0.3, -0.25) is 34.4 Å². The van der Waals surface area contributed by atoms with Crippen LogP contribution in [0.2, 0.25) is 0 Å². The van der Waals surface area contributed by atoms with Crippen LogP contribution in [-0.4, -0.2) is 39.2 Å². The number of aromatic nitrogens is 2. The molecule has 0 saturated heterocycles. The quantitative estimate of drug-likeness (QED) is 0.226. The standard InChI is InChI=1S/C29H28N6O6/c1-29(2,3)20-9-11-22(12-10-20)34(28(38)24-17-41-18-32-24)26(19-6-5-13-30-15-19)27(37)31-16-25(36)33-21-7-4-8-23(14-21)35(39)40/h4-15,17-18,26H,16H2,1-3H3,(H,31,37)(H,33,36). The molecule has 1 unspecified atom stereocenters. The van der Waals surface area contributed by atoms with Crippen LogP contribution < -0.4 is 15.5 Å². The molecule has 2 aromatic carbocycles. The molecule has 41 heavy (non-hydrogen) atoms. The highest BCUT2D eigenvalue weighted by atomic mass is 16.6. The lowest BCUT2D eigenvalue weighted by Gasteiger charge is -2.31. The smallest absolute Gasteiger partial charge is 0.281 e. The fourth-order valence-corrected chi connectivity index (χ4v) is 4.07. The zero-order valence-electron chi connectivity index (χ0n) is 22.6. The van der Waals surface area contributed by atoms with Crippen LogP contribution in [0.5, 0.6) is 0 Å². The second-order valence-corrected chi connectivity index (χ2v) is 10.1. The molecular formula is C29H28N6O6. The summed E-state index contributed by atoms with van der Waals surface area (Å²) in [5.74, 6) is -1.89. The van der Waals surface area contributed by atoms with E-state index in [0.29, 0.717) is 11.3 Å². The van der Waals surface area contributed by atoms with E-state index in [9.17, 15) is 24.5 Å². The molecule has 4 rings (SSSR count). The molecule has 0 saturated carbocycles. The number of carbonyl (C=O) groups is 3. The number of rotatable bonds is 9. The van der Waals surface area contributed by atoms with Crippen molar-refractivity contribution in [3.63, 3.8) is 0 Å². The number of nitro benzene ring substituents is 1. The van der Waals surface area contributed by atoms with E-state index in [2.05, 4.69) is 41.4 Å². The summed E-state index contributed by atoms with van der Waals surface area (Å²) >= 11 is 0. The average molecular weight is 557 g/mol. The van der Waals surface area contributed by atoms with Gasteiger partial charge in [0.15, 0.2) is 12.1 Å². The minimum absolute atomic E-state index is 0.0185. The molecule has 1 atom stereocenters. The number of non-ortho nitro benzene ring substituents is 1. The van der Waals surface area contributed by atoms with E-state index >= 15 is 0 Å². The Balaban J connectivity index is 1.64. The minimum atomic E-state index is -1.24. The Morgan fingerprint density at radius 2 is 1.83 bits per heavy atom. The molecule has 0 aliphatic heterocycles. The zero-order valence-corrected chi connectivity index (χ0v) is 22.6. The van der Waals surface area contributed by atoms with Gasteiger partial charge in [0.2, 0.25) is 11.8 Å². The van der Waals surface area contributed by atoms with Gasteiger partial charge >= 0.3 is 0 Å². The summed E-state index contributed by atoms with van der Waals surface area (Å²) in [5.41, 5.74) is 1.67. The molecule has 0 bridgehead atoms. The zero-order chi connectivity index (χ0) is 29.6. The molecule has 0 fully saturated rings. The number of anilines is 2. The highest BCUT2D eigenvalue weighted by molar-refractivity contribution is 6.09. The Bertz CT molecular complexity index is 1530. The fourth-order valence-electron chi connectivity index (χ4n) is 4.07. The molecule has 3 amide bonds. The molecule has 2 aromatic heterocycles. The van der Waals surface area contributed by atoms with Gasteiger partial charge in [0.25, 0.3) is 11.6 Å². The first kappa shape index (κ1) is 28.6. The normalized spacial score (nSPS) is 11.8. The van der Waals surface area contributed by atoms with Crippen LogP contribution in [0.1, 0.15) is 48.4 Å². The van der Waals surface area contributed by atoms with Crippen LogP contribution in [0.25, 0.3) is 0 Å². The minimum Gasteiger partial charge on any atom is -0.451 e. The first-order chi connectivity index (χ1) is 19.5. The van der Waals surface area contributed by atoms with E-state index in [1.54, 1.807) is 24.3 Å². The lowest BCUT2D eigenvalue weighted by molar-refractivity contribution is -0.384. The summed E-state index contributed by atoms with van der Waals surface area (Å²) in [5, 5.41) is 16.1. The van der Waals surface area contributed by atoms with E-state index in [0.717, 1.165) is 12.0 Å². The Morgan fingerprint density at radius 1 is 1.07 bits per heavy atom. The van der Waals surface area contributed by atoms with Gasteiger partial charge in [0.05, 0.1) is 11.5 Å². The van der Waals surface area contributed by atoms with Gasteiger partial charge in [-0.15, -0.1) is 0 Å². The maximum Gasteiger partial charge on any atom is 0.281 e. The summed E-state index contributed by atoms with van der Waals surface area (Å²) in [6.45, 7) is 5.72. The summed E-state index contributed by atoms with van der Waals surface area (Å²) in [7, 11) is 0. The highest BCUT2D eigenvalue weighted by Gasteiger charge is 2.35. The second kappa shape index (κ2) is 12.2. The first-order valence-corrected chi connectivity index (χ1v) is 12.6. The Labute approximate surface area is 235 Å². The molecule has 4 aromatic rings. The summed E-state index contributed by atoms with van der Waals surface area (Å²) in [6.07, 6.45) is 5.29. The SMILES string of the molecule is CC(C)(C)c1ccc(N(C(=O)c2cocn2)C(C(=O)NCC(=O)Nc2cccc([N+](=O)[O-])c2)c2cccnc2)cc1. The number of nitro groups is 1. The second-order valence-electron chi connectivity index (χ2n) is 10.1. The van der Waals surface area contributed by atoms with Crippen molar-refractivity contribution in [3.05, 3.63) is 113 Å². The van der Waals surface area contributed by atoms with Crippen molar-refractivity contribution < 1.29 is 23.7 Å². The van der Waals surface area contributed by atoms with Crippen LogP contribution in [0.15, 0.2) is 90.1 Å². The van der Waals surface area contributed by atoms with E-state index < -0.39 is 35.2 Å². The average Bonchev–Trinajstić information content (AvgIpc) is 3.50. The number of oxazole rings is 1. The molecule has 0 aliphatic carbocycles. The van der Waals surface area contributed by atoms with Crippen molar-refractivity contribution >= 4 is 34.8 Å². The van der Waals surface area contributed by atoms with E-state index in [-0.39, 0.29) is 22.5 Å². The first-order valence-electron chi connectivity index (χ1n) is 12.6. The molecule has 0 spiro atoms. The molecule has 2 N–H and O–H groups in total. The Kier molecular flexibility index (Phi) is 8.51. The summed E-state index contributed by atoms with van der Waals surface area (Å²) in [6, 6.07) is 14.7. The maximum absolute atomic E-state index is 13.7. The lowest BCUT2D eigenvalue weighted by atomic mass is 9.87. The van der Waals surface area contributed by atoms with Gasteiger partial charge < -0.3 is 15.1 Å². The summed E-state index contributed by atoms with van der Waals surface area (Å²) in [4.78, 5) is 59.9. The van der Waals surface area contributed by atoms with Crippen molar-refractivity contribution in [2.45, 2.75) is 32.2 Å². The molecule has 2 heterocycles. The molecule has 12 nitrogen and oxygen atoms in total. The maximum atomic E-state index is 13.7. The van der Waals surface area contributed by atoms with Crippen LogP contribution in [-0.2, 0) is 15.0 Å². The number of pyridine rings is 1. The Morgan fingerprint density at radius 3 is 2.44 bits per heavy atom. The topological polar surface area (TPSA) is 161 Å². The van der Waals surface area contributed by atoms with Gasteiger partial charge in [0.1, 0.15) is 12.3 Å². The largest absolute Gasteiger partial charge is 0.451 e. The van der Waals surface area contributed by atoms with Crippen LogP contribution in [0.4, 0.5) is 17.1 Å². The monoisotopic (exact) mass is 556 g/mol. The van der Waals surface area contributed by atoms with E-state index in [4.69, 9.17) is 4.42 Å². The van der Waals surface area contributed by atoms with Crippen molar-refractivity contribution in [1.29, 1.82) is 0 Å². The third-order valence-corrected chi connectivity index (χ3v) is 6.15. The molecular weight excluding hydrogens is 528 g/mol. The van der Waals surface area contributed by atoms with Crippen LogP contribution in [0, 0.1) is 10.1 Å². The molecule has 210 valence electrons. The number of benzene rings is 2. The number of amides is 3.